The van der Waals surface area contributed by atoms with Crippen LogP contribution in [0.5, 0.6) is 0 Å². The summed E-state index contributed by atoms with van der Waals surface area (Å²) in [4.78, 5) is 0. The molecule has 2 N–H and O–H groups in total. The van der Waals surface area contributed by atoms with Gasteiger partial charge in [0.2, 0.25) is 0 Å². The summed E-state index contributed by atoms with van der Waals surface area (Å²) < 4.78 is 0. The van der Waals surface area contributed by atoms with Gasteiger partial charge in [0.05, 0.1) is 5.54 Å². The molecule has 0 aliphatic carbocycles. The first-order chi connectivity index (χ1) is 11.7. The predicted octanol–water partition coefficient (Wildman–Crippen LogP) is 6.46. The number of nitrogens with two attached hydrogens (primary N) is 1. The van der Waals surface area contributed by atoms with E-state index in [1.54, 1.807) is 0 Å². The number of hydrogen-bond donors (Lipinski definition) is 1. The molecule has 2 aromatic rings. The van der Waals surface area contributed by atoms with Crippen LogP contribution in [-0.2, 0) is 5.54 Å². The summed E-state index contributed by atoms with van der Waals surface area (Å²) in [6.07, 6.45) is 6.20. The van der Waals surface area contributed by atoms with E-state index in [-0.39, 0.29) is 0 Å². The van der Waals surface area contributed by atoms with E-state index < -0.39 is 5.54 Å². The molecule has 0 aromatic heterocycles. The molecule has 0 aliphatic heterocycles. The quantitative estimate of drug-likeness (QED) is 0.642. The van der Waals surface area contributed by atoms with Gasteiger partial charge in [0.25, 0.3) is 0 Å². The lowest BCUT2D eigenvalue weighted by molar-refractivity contribution is 0.650. The first kappa shape index (κ1) is 21.9. The zero-order valence-electron chi connectivity index (χ0n) is 16.1. The Balaban J connectivity index is 0.00000123. The maximum Gasteiger partial charge on any atom is 0.0919 e. The van der Waals surface area contributed by atoms with E-state index in [1.807, 2.05) is 84.0 Å². The normalized spacial score (nSPS) is 11.2. The van der Waals surface area contributed by atoms with Gasteiger partial charge >= 0.3 is 0 Å². The molecule has 0 atom stereocenters. The smallest absolute Gasteiger partial charge is 0.0919 e. The van der Waals surface area contributed by atoms with Crippen molar-refractivity contribution in [2.24, 2.45) is 5.73 Å². The molecule has 0 saturated carbocycles. The zero-order chi connectivity index (χ0) is 18.4. The van der Waals surface area contributed by atoms with Crippen molar-refractivity contribution in [1.29, 1.82) is 0 Å². The molecule has 2 aromatic carbocycles. The third-order valence-corrected chi connectivity index (χ3v) is 3.57. The summed E-state index contributed by atoms with van der Waals surface area (Å²) in [5, 5.41) is 0. The van der Waals surface area contributed by atoms with Crippen LogP contribution >= 0.6 is 0 Å². The molecule has 0 saturated heterocycles. The van der Waals surface area contributed by atoms with Crippen molar-refractivity contribution in [3.05, 3.63) is 95.6 Å². The lowest BCUT2D eigenvalue weighted by Gasteiger charge is -2.32. The minimum absolute atomic E-state index is 0.621. The second-order valence-corrected chi connectivity index (χ2v) is 4.78. The lowest BCUT2D eigenvalue weighted by atomic mass is 9.77. The number of rotatable bonds is 4. The van der Waals surface area contributed by atoms with Crippen molar-refractivity contribution in [3.8, 4) is 0 Å². The van der Waals surface area contributed by atoms with Gasteiger partial charge in [-0.3, -0.25) is 0 Å². The first-order valence-corrected chi connectivity index (χ1v) is 8.93. The molecule has 1 heteroatoms. The fourth-order valence-electron chi connectivity index (χ4n) is 2.54. The minimum atomic E-state index is -0.621. The summed E-state index contributed by atoms with van der Waals surface area (Å²) in [5.41, 5.74) is 9.53. The SMILES string of the molecule is C/C=C\C(=C/C)C(N)(c1ccccc1)c1ccccc1.CC.CC. The molecule has 24 heavy (non-hydrogen) atoms. The highest BCUT2D eigenvalue weighted by Gasteiger charge is 2.31. The Morgan fingerprint density at radius 2 is 1.12 bits per heavy atom. The van der Waals surface area contributed by atoms with Crippen LogP contribution < -0.4 is 5.73 Å². The maximum absolute atomic E-state index is 6.86. The van der Waals surface area contributed by atoms with Crippen molar-refractivity contribution in [1.82, 2.24) is 0 Å². The van der Waals surface area contributed by atoms with Crippen molar-refractivity contribution in [2.75, 3.05) is 0 Å². The first-order valence-electron chi connectivity index (χ1n) is 8.93. The molecule has 0 fully saturated rings. The number of benzene rings is 2. The van der Waals surface area contributed by atoms with Crippen LogP contribution in [-0.4, -0.2) is 0 Å². The molecular formula is C23H33N. The standard InChI is InChI=1S/C19H21N.2C2H6/c1-3-11-16(4-2)19(20,17-12-7-5-8-13-17)18-14-9-6-10-15-18;2*1-2/h3-15H,20H2,1-2H3;2*1-2H3/b11-3-,16-4+;;. The average molecular weight is 324 g/mol. The van der Waals surface area contributed by atoms with Crippen LogP contribution in [0, 0.1) is 0 Å². The van der Waals surface area contributed by atoms with Gasteiger partial charge in [-0.15, -0.1) is 0 Å². The average Bonchev–Trinajstić information content (AvgIpc) is 2.70. The Morgan fingerprint density at radius 3 is 1.42 bits per heavy atom. The Morgan fingerprint density at radius 1 is 0.750 bits per heavy atom. The largest absolute Gasteiger partial charge is 0.314 e. The number of hydrogen-bond acceptors (Lipinski definition) is 1. The van der Waals surface area contributed by atoms with E-state index in [2.05, 4.69) is 36.4 Å². The minimum Gasteiger partial charge on any atom is -0.314 e. The fraction of sp³-hybridized carbons (Fsp3) is 0.304. The van der Waals surface area contributed by atoms with E-state index in [9.17, 15) is 0 Å². The van der Waals surface area contributed by atoms with Crippen LogP contribution in [0.2, 0.25) is 0 Å². The number of allylic oxidation sites excluding steroid dienone is 2. The maximum atomic E-state index is 6.86. The molecule has 130 valence electrons. The monoisotopic (exact) mass is 323 g/mol. The van der Waals surface area contributed by atoms with Crippen LogP contribution in [0.3, 0.4) is 0 Å². The summed E-state index contributed by atoms with van der Waals surface area (Å²) in [7, 11) is 0. The summed E-state index contributed by atoms with van der Waals surface area (Å²) in [5.74, 6) is 0. The summed E-state index contributed by atoms with van der Waals surface area (Å²) >= 11 is 0. The summed E-state index contributed by atoms with van der Waals surface area (Å²) in [6.45, 7) is 12.0. The van der Waals surface area contributed by atoms with Crippen LogP contribution in [0.4, 0.5) is 0 Å². The molecular weight excluding hydrogens is 290 g/mol. The molecule has 1 nitrogen and oxygen atoms in total. The Bertz CT molecular complexity index is 555. The highest BCUT2D eigenvalue weighted by Crippen LogP contribution is 2.34. The van der Waals surface area contributed by atoms with Crippen LogP contribution in [0.25, 0.3) is 0 Å². The van der Waals surface area contributed by atoms with Gasteiger partial charge in [0, 0.05) is 0 Å². The van der Waals surface area contributed by atoms with E-state index in [0.717, 1.165) is 16.7 Å². The third-order valence-electron chi connectivity index (χ3n) is 3.57. The highest BCUT2D eigenvalue weighted by atomic mass is 14.8. The van der Waals surface area contributed by atoms with Gasteiger partial charge in [0.15, 0.2) is 0 Å². The molecule has 0 bridgehead atoms. The molecule has 0 radical (unpaired) electrons. The van der Waals surface area contributed by atoms with Gasteiger partial charge in [0.1, 0.15) is 0 Å². The molecule has 2 rings (SSSR count). The van der Waals surface area contributed by atoms with Crippen LogP contribution in [0.1, 0.15) is 52.7 Å². The predicted molar refractivity (Wildman–Crippen MR) is 109 cm³/mol. The van der Waals surface area contributed by atoms with Gasteiger partial charge in [-0.25, -0.2) is 0 Å². The van der Waals surface area contributed by atoms with Crippen molar-refractivity contribution < 1.29 is 0 Å². The Labute approximate surface area is 148 Å². The van der Waals surface area contributed by atoms with E-state index >= 15 is 0 Å². The van der Waals surface area contributed by atoms with Gasteiger partial charge in [-0.2, -0.15) is 0 Å². The van der Waals surface area contributed by atoms with Gasteiger partial charge in [-0.05, 0) is 30.5 Å². The van der Waals surface area contributed by atoms with Gasteiger partial charge < -0.3 is 5.73 Å². The molecule has 0 aliphatic rings. The van der Waals surface area contributed by atoms with Gasteiger partial charge in [-0.1, -0.05) is 107 Å². The second kappa shape index (κ2) is 12.3. The molecule has 0 amide bonds. The van der Waals surface area contributed by atoms with Crippen molar-refractivity contribution >= 4 is 0 Å². The molecule has 0 unspecified atom stereocenters. The summed E-state index contributed by atoms with van der Waals surface area (Å²) in [6, 6.07) is 20.5. The topological polar surface area (TPSA) is 26.0 Å². The third kappa shape index (κ3) is 5.21. The Hall–Kier alpha value is -2.12. The molecule has 0 heterocycles. The second-order valence-electron chi connectivity index (χ2n) is 4.78. The molecule has 0 spiro atoms. The fourth-order valence-corrected chi connectivity index (χ4v) is 2.54. The highest BCUT2D eigenvalue weighted by molar-refractivity contribution is 5.50. The van der Waals surface area contributed by atoms with Crippen molar-refractivity contribution in [2.45, 2.75) is 47.1 Å². The van der Waals surface area contributed by atoms with E-state index in [1.165, 1.54) is 0 Å². The van der Waals surface area contributed by atoms with E-state index in [0.29, 0.717) is 0 Å². The van der Waals surface area contributed by atoms with Crippen LogP contribution in [0.15, 0.2) is 84.5 Å². The van der Waals surface area contributed by atoms with Crippen molar-refractivity contribution in [3.63, 3.8) is 0 Å². The lowest BCUT2D eigenvalue weighted by Crippen LogP contribution is -2.39. The Kier molecular flexibility index (Phi) is 11.2. The zero-order valence-corrected chi connectivity index (χ0v) is 16.1. The van der Waals surface area contributed by atoms with E-state index in [4.69, 9.17) is 5.73 Å².